The Hall–Kier alpha value is -0.510. The fraction of sp³-hybridized carbons (Fsp3) is 0.400. The number of rotatable bonds is 2. The lowest BCUT2D eigenvalue weighted by Gasteiger charge is -1.98. The molecule has 0 N–H and O–H groups in total. The van der Waals surface area contributed by atoms with Gasteiger partial charge in [0.2, 0.25) is 6.79 Å². The van der Waals surface area contributed by atoms with Gasteiger partial charge in [0, 0.05) is 0 Å². The van der Waals surface area contributed by atoms with Gasteiger partial charge in [-0.15, -0.1) is 0 Å². The third-order valence-electron chi connectivity index (χ3n) is 0.884. The van der Waals surface area contributed by atoms with E-state index in [0.29, 0.717) is 5.76 Å². The number of hydrogen-bond acceptors (Lipinski definition) is 3. The van der Waals surface area contributed by atoms with E-state index >= 15 is 0 Å². The van der Waals surface area contributed by atoms with Crippen LogP contribution in [0.4, 0.5) is 0 Å². The van der Waals surface area contributed by atoms with Crippen LogP contribution in [0.5, 0.6) is 0 Å². The molecule has 9 heavy (non-hydrogen) atoms. The summed E-state index contributed by atoms with van der Waals surface area (Å²) in [7, 11) is 0. The quantitative estimate of drug-likeness (QED) is 0.480. The van der Waals surface area contributed by atoms with Crippen LogP contribution in [0.25, 0.3) is 0 Å². The zero-order valence-electron chi connectivity index (χ0n) is 4.54. The normalized spacial score (nSPS) is 19.4. The molecule has 0 aromatic heterocycles. The van der Waals surface area contributed by atoms with Gasteiger partial charge in [-0.05, 0) is 0 Å². The summed E-state index contributed by atoms with van der Waals surface area (Å²) in [5.74, 6) is 0.532. The molecule has 3 nitrogen and oxygen atoms in total. The number of aldehydes is 1. The van der Waals surface area contributed by atoms with Crippen LogP contribution in [0, 0.1) is 0 Å². The minimum absolute atomic E-state index is 0.214. The summed E-state index contributed by atoms with van der Waals surface area (Å²) in [6.07, 6.45) is 2.16. The second-order valence-corrected chi connectivity index (χ2v) is 2.47. The van der Waals surface area contributed by atoms with Gasteiger partial charge in [0.25, 0.3) is 0 Å². The van der Waals surface area contributed by atoms with Crippen molar-refractivity contribution >= 4 is 22.2 Å². The molecule has 0 aliphatic carbocycles. The van der Waals surface area contributed by atoms with Gasteiger partial charge in [-0.25, -0.2) is 0 Å². The summed E-state index contributed by atoms with van der Waals surface area (Å²) in [6.45, 7) is 0.214. The molecule has 0 radical (unpaired) electrons. The molecule has 1 aliphatic rings. The van der Waals surface area contributed by atoms with Crippen molar-refractivity contribution in [3.63, 3.8) is 0 Å². The molecule has 1 heterocycles. The Morgan fingerprint density at radius 1 is 1.89 bits per heavy atom. The van der Waals surface area contributed by atoms with E-state index in [1.165, 1.54) is 6.26 Å². The largest absolute Gasteiger partial charge is 0.462 e. The zero-order valence-corrected chi connectivity index (χ0v) is 6.13. The maximum atomic E-state index is 10.1. The van der Waals surface area contributed by atoms with Crippen molar-refractivity contribution in [3.8, 4) is 0 Å². The first kappa shape index (κ1) is 6.61. The maximum Gasteiger partial charge on any atom is 0.229 e. The summed E-state index contributed by atoms with van der Waals surface area (Å²) < 4.78 is 9.57. The second-order valence-electron chi connectivity index (χ2n) is 1.49. The van der Waals surface area contributed by atoms with E-state index in [2.05, 4.69) is 15.9 Å². The SMILES string of the molecule is O=CC(Br)C1=COCO1. The molecule has 0 spiro atoms. The highest BCUT2D eigenvalue weighted by molar-refractivity contribution is 9.10. The van der Waals surface area contributed by atoms with E-state index in [1.807, 2.05) is 0 Å². The summed E-state index contributed by atoms with van der Waals surface area (Å²) in [5.41, 5.74) is 0. The molecule has 1 unspecified atom stereocenters. The van der Waals surface area contributed by atoms with Crippen molar-refractivity contribution in [2.45, 2.75) is 4.83 Å². The first-order valence-corrected chi connectivity index (χ1v) is 3.30. The number of carbonyl (C=O) groups is 1. The summed E-state index contributed by atoms with van der Waals surface area (Å²) in [5, 5.41) is 0. The van der Waals surface area contributed by atoms with E-state index < -0.39 is 0 Å². The molecule has 1 atom stereocenters. The van der Waals surface area contributed by atoms with Crippen molar-refractivity contribution in [1.82, 2.24) is 0 Å². The summed E-state index contributed by atoms with van der Waals surface area (Å²) >= 11 is 3.06. The maximum absolute atomic E-state index is 10.1. The first-order chi connectivity index (χ1) is 4.34. The lowest BCUT2D eigenvalue weighted by atomic mass is 10.4. The molecule has 4 heteroatoms. The molecular weight excluding hydrogens is 188 g/mol. The van der Waals surface area contributed by atoms with Crippen LogP contribution < -0.4 is 0 Å². The highest BCUT2D eigenvalue weighted by atomic mass is 79.9. The molecule has 1 rings (SSSR count). The van der Waals surface area contributed by atoms with Crippen LogP contribution in [-0.4, -0.2) is 17.9 Å². The number of ether oxygens (including phenoxy) is 2. The Labute approximate surface area is 60.8 Å². The fourth-order valence-corrected chi connectivity index (χ4v) is 0.704. The average Bonchev–Trinajstić information content (AvgIpc) is 2.37. The summed E-state index contributed by atoms with van der Waals surface area (Å²) in [6, 6.07) is 0. The van der Waals surface area contributed by atoms with Crippen molar-refractivity contribution in [2.24, 2.45) is 0 Å². The summed E-state index contributed by atoms with van der Waals surface area (Å²) in [4.78, 5) is 9.71. The minimum Gasteiger partial charge on any atom is -0.462 e. The van der Waals surface area contributed by atoms with Crippen molar-refractivity contribution in [1.29, 1.82) is 0 Å². The van der Waals surface area contributed by atoms with Crippen molar-refractivity contribution in [3.05, 3.63) is 12.0 Å². The lowest BCUT2D eigenvalue weighted by Crippen LogP contribution is -2.03. The smallest absolute Gasteiger partial charge is 0.229 e. The fourth-order valence-electron chi connectivity index (χ4n) is 0.464. The average molecular weight is 193 g/mol. The van der Waals surface area contributed by atoms with Crippen LogP contribution in [0.1, 0.15) is 0 Å². The Kier molecular flexibility index (Phi) is 2.10. The highest BCUT2D eigenvalue weighted by Gasteiger charge is 2.14. The van der Waals surface area contributed by atoms with Crippen LogP contribution in [0.3, 0.4) is 0 Å². The number of halogens is 1. The van der Waals surface area contributed by atoms with Gasteiger partial charge in [-0.3, -0.25) is 0 Å². The van der Waals surface area contributed by atoms with Crippen LogP contribution in [0.15, 0.2) is 12.0 Å². The van der Waals surface area contributed by atoms with Gasteiger partial charge in [-0.2, -0.15) is 0 Å². The predicted molar refractivity (Wildman–Crippen MR) is 33.9 cm³/mol. The van der Waals surface area contributed by atoms with E-state index in [-0.39, 0.29) is 11.6 Å². The number of hydrogen-bond donors (Lipinski definition) is 0. The molecule has 50 valence electrons. The molecule has 0 saturated carbocycles. The number of carbonyl (C=O) groups excluding carboxylic acids is 1. The van der Waals surface area contributed by atoms with Crippen molar-refractivity contribution < 1.29 is 14.3 Å². The number of alkyl halides is 1. The molecule has 0 aromatic rings. The minimum atomic E-state index is -0.361. The zero-order chi connectivity index (χ0) is 6.69. The second kappa shape index (κ2) is 2.87. The molecular formula is C5H5BrO3. The Morgan fingerprint density at radius 2 is 2.67 bits per heavy atom. The van der Waals surface area contributed by atoms with Crippen LogP contribution in [0.2, 0.25) is 0 Å². The topological polar surface area (TPSA) is 35.5 Å². The van der Waals surface area contributed by atoms with E-state index in [9.17, 15) is 4.79 Å². The standard InChI is InChI=1S/C5H5BrO3/c6-4(1-7)5-2-8-3-9-5/h1-2,4H,3H2. The molecule has 0 bridgehead atoms. The van der Waals surface area contributed by atoms with Gasteiger partial charge >= 0.3 is 0 Å². The molecule has 1 aliphatic heterocycles. The van der Waals surface area contributed by atoms with Crippen LogP contribution >= 0.6 is 15.9 Å². The van der Waals surface area contributed by atoms with Crippen LogP contribution in [-0.2, 0) is 14.3 Å². The van der Waals surface area contributed by atoms with Crippen molar-refractivity contribution in [2.75, 3.05) is 6.79 Å². The van der Waals surface area contributed by atoms with Gasteiger partial charge in [0.1, 0.15) is 17.4 Å². The van der Waals surface area contributed by atoms with E-state index in [1.54, 1.807) is 0 Å². The predicted octanol–water partition coefficient (Wildman–Crippen LogP) is 0.794. The third kappa shape index (κ3) is 1.45. The molecule has 0 saturated heterocycles. The molecule has 0 fully saturated rings. The van der Waals surface area contributed by atoms with E-state index in [4.69, 9.17) is 9.47 Å². The molecule has 0 aromatic carbocycles. The van der Waals surface area contributed by atoms with Gasteiger partial charge in [-0.1, -0.05) is 15.9 Å². The van der Waals surface area contributed by atoms with Gasteiger partial charge in [0.15, 0.2) is 5.76 Å². The first-order valence-electron chi connectivity index (χ1n) is 2.38. The number of allylic oxidation sites excluding steroid dienone is 1. The Balaban J connectivity index is 2.50. The third-order valence-corrected chi connectivity index (χ3v) is 1.55. The Bertz CT molecular complexity index is 143. The van der Waals surface area contributed by atoms with E-state index in [0.717, 1.165) is 6.29 Å². The van der Waals surface area contributed by atoms with Gasteiger partial charge < -0.3 is 14.3 Å². The Morgan fingerprint density at radius 3 is 3.11 bits per heavy atom. The monoisotopic (exact) mass is 192 g/mol. The highest BCUT2D eigenvalue weighted by Crippen LogP contribution is 2.15. The molecule has 0 amide bonds. The van der Waals surface area contributed by atoms with Gasteiger partial charge in [0.05, 0.1) is 0 Å². The lowest BCUT2D eigenvalue weighted by molar-refractivity contribution is -0.107.